The molecule has 0 radical (unpaired) electrons. The second kappa shape index (κ2) is 8.91. The van der Waals surface area contributed by atoms with Crippen molar-refractivity contribution in [3.8, 4) is 5.88 Å². The van der Waals surface area contributed by atoms with Crippen molar-refractivity contribution in [2.45, 2.75) is 13.1 Å². The Balaban J connectivity index is 1.41. The number of ether oxygens (including phenoxy) is 1. The Morgan fingerprint density at radius 3 is 2.75 bits per heavy atom. The summed E-state index contributed by atoms with van der Waals surface area (Å²) < 4.78 is 7.92. The van der Waals surface area contributed by atoms with Gasteiger partial charge in [-0.1, -0.05) is 48.0 Å². The molecule has 4 rings (SSSR count). The fourth-order valence-corrected chi connectivity index (χ4v) is 3.52. The van der Waals surface area contributed by atoms with Crippen LogP contribution in [0.25, 0.3) is 10.9 Å². The van der Waals surface area contributed by atoms with E-state index in [1.165, 1.54) is 22.0 Å². The highest BCUT2D eigenvalue weighted by Gasteiger charge is 2.08. The molecule has 0 atom stereocenters. The zero-order valence-corrected chi connectivity index (χ0v) is 16.3. The molecule has 1 N–H and O–H groups in total. The van der Waals surface area contributed by atoms with E-state index in [0.717, 1.165) is 24.7 Å². The Hall–Kier alpha value is -2.82. The van der Waals surface area contributed by atoms with Crippen LogP contribution in [0.1, 0.15) is 11.1 Å². The molecule has 2 aromatic heterocycles. The van der Waals surface area contributed by atoms with Gasteiger partial charge in [-0.25, -0.2) is 4.98 Å². The number of para-hydroxylation sites is 1. The summed E-state index contributed by atoms with van der Waals surface area (Å²) in [5.41, 5.74) is 3.69. The Labute approximate surface area is 169 Å². The van der Waals surface area contributed by atoms with Gasteiger partial charge in [-0.15, -0.1) is 0 Å². The normalized spacial score (nSPS) is 11.0. The number of benzene rings is 2. The Morgan fingerprint density at radius 2 is 1.89 bits per heavy atom. The maximum absolute atomic E-state index is 6.14. The van der Waals surface area contributed by atoms with Crippen LogP contribution in [0, 0.1) is 0 Å². The molecule has 0 aliphatic rings. The predicted octanol–water partition coefficient (Wildman–Crippen LogP) is 4.91. The first-order chi connectivity index (χ1) is 13.8. The molecule has 0 saturated heterocycles. The van der Waals surface area contributed by atoms with Gasteiger partial charge in [0.15, 0.2) is 0 Å². The summed E-state index contributed by atoms with van der Waals surface area (Å²) in [5.74, 6) is 0.655. The quantitative estimate of drug-likeness (QED) is 0.434. The zero-order valence-electron chi connectivity index (χ0n) is 15.5. The lowest BCUT2D eigenvalue weighted by Gasteiger charge is -2.06. The van der Waals surface area contributed by atoms with Gasteiger partial charge in [0.05, 0.1) is 0 Å². The van der Waals surface area contributed by atoms with E-state index in [1.807, 2.05) is 36.4 Å². The summed E-state index contributed by atoms with van der Waals surface area (Å²) in [6.07, 6.45) is 3.95. The van der Waals surface area contributed by atoms with Crippen LogP contribution < -0.4 is 10.1 Å². The smallest absolute Gasteiger partial charge is 0.213 e. The molecule has 0 bridgehead atoms. The summed E-state index contributed by atoms with van der Waals surface area (Å²) in [5, 5.41) is 5.50. The third kappa shape index (κ3) is 4.53. The standard InChI is InChI=1S/C23H22ClN3O/c24-20-7-5-6-18(14-20)16-27-17-19(21-8-1-2-9-22(21)27)15-25-12-13-28-23-10-3-4-11-26-23/h1-11,14,17,25H,12-13,15-16H2. The largest absolute Gasteiger partial charge is 0.476 e. The van der Waals surface area contributed by atoms with Crippen molar-refractivity contribution in [3.05, 3.63) is 95.3 Å². The highest BCUT2D eigenvalue weighted by molar-refractivity contribution is 6.30. The van der Waals surface area contributed by atoms with E-state index in [2.05, 4.69) is 51.4 Å². The first-order valence-electron chi connectivity index (χ1n) is 9.35. The van der Waals surface area contributed by atoms with E-state index in [9.17, 15) is 0 Å². The third-order valence-corrected chi connectivity index (χ3v) is 4.83. The Kier molecular flexibility index (Phi) is 5.90. The molecular weight excluding hydrogens is 370 g/mol. The molecule has 0 aliphatic heterocycles. The summed E-state index contributed by atoms with van der Waals surface area (Å²) in [6.45, 7) is 2.92. The number of hydrogen-bond donors (Lipinski definition) is 1. The van der Waals surface area contributed by atoms with Crippen molar-refractivity contribution in [3.63, 3.8) is 0 Å². The van der Waals surface area contributed by atoms with E-state index < -0.39 is 0 Å². The van der Waals surface area contributed by atoms with E-state index >= 15 is 0 Å². The van der Waals surface area contributed by atoms with E-state index in [1.54, 1.807) is 6.20 Å². The van der Waals surface area contributed by atoms with Crippen molar-refractivity contribution in [2.24, 2.45) is 0 Å². The molecule has 4 nitrogen and oxygen atoms in total. The number of fused-ring (bicyclic) bond motifs is 1. The van der Waals surface area contributed by atoms with Crippen molar-refractivity contribution in [1.29, 1.82) is 0 Å². The van der Waals surface area contributed by atoms with Gasteiger partial charge in [0.25, 0.3) is 0 Å². The number of hydrogen-bond acceptors (Lipinski definition) is 3. The molecule has 142 valence electrons. The minimum absolute atomic E-state index is 0.582. The van der Waals surface area contributed by atoms with Gasteiger partial charge in [0.1, 0.15) is 6.61 Å². The molecule has 5 heteroatoms. The summed E-state index contributed by atoms with van der Waals surface area (Å²) in [7, 11) is 0. The number of rotatable bonds is 8. The van der Waals surface area contributed by atoms with Crippen LogP contribution in [0.3, 0.4) is 0 Å². The van der Waals surface area contributed by atoms with E-state index in [0.29, 0.717) is 12.5 Å². The Morgan fingerprint density at radius 1 is 1.00 bits per heavy atom. The maximum atomic E-state index is 6.14. The van der Waals surface area contributed by atoms with Crippen LogP contribution >= 0.6 is 11.6 Å². The van der Waals surface area contributed by atoms with E-state index in [-0.39, 0.29) is 0 Å². The highest BCUT2D eigenvalue weighted by Crippen LogP contribution is 2.23. The van der Waals surface area contributed by atoms with Gasteiger partial charge >= 0.3 is 0 Å². The zero-order chi connectivity index (χ0) is 19.2. The average Bonchev–Trinajstić information content (AvgIpc) is 3.06. The van der Waals surface area contributed by atoms with Gasteiger partial charge in [-0.3, -0.25) is 0 Å². The van der Waals surface area contributed by atoms with Crippen molar-refractivity contribution in [2.75, 3.05) is 13.2 Å². The minimum Gasteiger partial charge on any atom is -0.476 e. The molecule has 4 aromatic rings. The molecule has 2 aromatic carbocycles. The lowest BCUT2D eigenvalue weighted by Crippen LogP contribution is -2.20. The van der Waals surface area contributed by atoms with Crippen LogP contribution in [0.5, 0.6) is 5.88 Å². The van der Waals surface area contributed by atoms with Gasteiger partial charge < -0.3 is 14.6 Å². The predicted molar refractivity (Wildman–Crippen MR) is 114 cm³/mol. The fraction of sp³-hybridized carbons (Fsp3) is 0.174. The van der Waals surface area contributed by atoms with Crippen LogP contribution in [0.4, 0.5) is 0 Å². The fourth-order valence-electron chi connectivity index (χ4n) is 3.31. The molecule has 0 aliphatic carbocycles. The minimum atomic E-state index is 0.582. The lowest BCUT2D eigenvalue weighted by atomic mass is 10.2. The first-order valence-corrected chi connectivity index (χ1v) is 9.73. The van der Waals surface area contributed by atoms with Crippen LogP contribution in [0.15, 0.2) is 79.1 Å². The molecule has 0 spiro atoms. The molecular formula is C23H22ClN3O. The topological polar surface area (TPSA) is 39.1 Å². The molecule has 0 amide bonds. The van der Waals surface area contributed by atoms with Crippen molar-refractivity contribution in [1.82, 2.24) is 14.9 Å². The summed E-state index contributed by atoms with van der Waals surface area (Å²) in [4.78, 5) is 4.16. The molecule has 0 saturated carbocycles. The summed E-state index contributed by atoms with van der Waals surface area (Å²) in [6, 6.07) is 22.2. The number of nitrogens with one attached hydrogen (secondary N) is 1. The molecule has 2 heterocycles. The molecule has 0 fully saturated rings. The highest BCUT2D eigenvalue weighted by atomic mass is 35.5. The van der Waals surface area contributed by atoms with Crippen molar-refractivity contribution < 1.29 is 4.74 Å². The molecule has 28 heavy (non-hydrogen) atoms. The van der Waals surface area contributed by atoms with Crippen LogP contribution in [-0.4, -0.2) is 22.7 Å². The van der Waals surface area contributed by atoms with Crippen molar-refractivity contribution >= 4 is 22.5 Å². The Bertz CT molecular complexity index is 1050. The number of nitrogens with zero attached hydrogens (tertiary/aromatic N) is 2. The third-order valence-electron chi connectivity index (χ3n) is 4.60. The number of aromatic nitrogens is 2. The van der Waals surface area contributed by atoms with Gasteiger partial charge in [-0.05, 0) is 35.4 Å². The van der Waals surface area contributed by atoms with Crippen LogP contribution in [-0.2, 0) is 13.1 Å². The SMILES string of the molecule is Clc1cccc(Cn2cc(CNCCOc3ccccn3)c3ccccc32)c1. The number of halogens is 1. The number of pyridine rings is 1. The van der Waals surface area contributed by atoms with E-state index in [4.69, 9.17) is 16.3 Å². The maximum Gasteiger partial charge on any atom is 0.213 e. The second-order valence-corrected chi connectivity index (χ2v) is 7.06. The van der Waals surface area contributed by atoms with Gasteiger partial charge in [0, 0.05) is 54.0 Å². The van der Waals surface area contributed by atoms with Crippen LogP contribution in [0.2, 0.25) is 5.02 Å². The summed E-state index contributed by atoms with van der Waals surface area (Å²) >= 11 is 6.14. The second-order valence-electron chi connectivity index (χ2n) is 6.62. The lowest BCUT2D eigenvalue weighted by molar-refractivity contribution is 0.302. The first kappa shape index (κ1) is 18.5. The molecule has 0 unspecified atom stereocenters. The average molecular weight is 392 g/mol. The van der Waals surface area contributed by atoms with Gasteiger partial charge in [-0.2, -0.15) is 0 Å². The van der Waals surface area contributed by atoms with Gasteiger partial charge in [0.2, 0.25) is 5.88 Å². The monoisotopic (exact) mass is 391 g/mol.